The topological polar surface area (TPSA) is 843 Å². The van der Waals surface area contributed by atoms with Gasteiger partial charge in [-0.1, -0.05) is 12.1 Å². The molecule has 0 aliphatic carbocycles. The van der Waals surface area contributed by atoms with E-state index in [1.165, 1.54) is 24.3 Å². The number of carbonyl (C=O) groups excluding carboxylic acids is 14. The van der Waals surface area contributed by atoms with Crippen molar-refractivity contribution in [1.29, 1.82) is 0 Å². The average molecular weight is 1630 g/mol. The fourth-order valence-electron chi connectivity index (χ4n) is 10.1. The maximum atomic E-state index is 14.2. The molecule has 12 atom stereocenters. The molecular weight excluding hydrogens is 1530 g/mol. The molecule has 14 amide bonds. The number of benzene rings is 1. The predicted molar refractivity (Wildman–Crippen MR) is 377 cm³/mol. The van der Waals surface area contributed by atoms with Crippen LogP contribution in [0.1, 0.15) is 140 Å². The molecule has 30 N–H and O–H groups in total. The Morgan fingerprint density at radius 2 is 0.588 bits per heavy atom. The lowest BCUT2D eigenvalue weighted by atomic mass is 10.0. The van der Waals surface area contributed by atoms with Crippen LogP contribution in [-0.2, 0) is 117 Å². The van der Waals surface area contributed by atoms with E-state index < -0.39 is 337 Å². The molecule has 0 radical (unpaired) electrons. The Bertz CT molecular complexity index is 3670. The molecule has 49 nitrogen and oxygen atoms in total. The van der Waals surface area contributed by atoms with Crippen molar-refractivity contribution >= 4 is 136 Å². The van der Waals surface area contributed by atoms with Crippen molar-refractivity contribution in [2.24, 2.45) is 22.9 Å². The van der Waals surface area contributed by atoms with Crippen molar-refractivity contribution in [3.63, 3.8) is 0 Å². The Morgan fingerprint density at radius 3 is 0.921 bits per heavy atom. The van der Waals surface area contributed by atoms with Crippen molar-refractivity contribution in [3.05, 3.63) is 29.8 Å². The normalized spacial score (nSPS) is 13.9. The highest BCUT2D eigenvalue weighted by atomic mass is 16.4. The smallest absolute Gasteiger partial charge is 0.326 e. The molecule has 0 aliphatic rings. The van der Waals surface area contributed by atoms with E-state index in [1.807, 2.05) is 37.2 Å². The first kappa shape index (κ1) is 98.8. The van der Waals surface area contributed by atoms with Crippen molar-refractivity contribution < 1.29 is 161 Å². The molecule has 0 bridgehead atoms. The number of nitrogens with one attached hydrogen (secondary N) is 12. The van der Waals surface area contributed by atoms with Crippen molar-refractivity contribution in [2.45, 2.75) is 214 Å². The minimum atomic E-state index is -2.18. The summed E-state index contributed by atoms with van der Waals surface area (Å²) < 4.78 is 0. The number of unbranched alkanes of at least 4 members (excludes halogenated alkanes) is 1. The van der Waals surface area contributed by atoms with E-state index >= 15 is 0 Å². The van der Waals surface area contributed by atoms with Gasteiger partial charge in [0.05, 0.1) is 25.4 Å². The molecule has 0 heterocycles. The SMILES string of the molecule is NCCCC[C@H](NC(=O)[C@H](CCC(N)=O)NC(=O)[C@H](Cc1ccc(O)cc1)NC(=O)[C@H](CC(N)=O)NC(=O)[C@H](CCC(=O)O)NC(=O)CNC(=O)[C@H](CCC(=O)O)NC(=O)[C@H](CCC(=O)O)NC(=O)[C@H](CCC(=O)O)NC(=O)[C@H](CCC(=O)O)NC(=O)[C@H](CCC(=O)O)NC(=O)[C@H](CC(=O)O)NC(=O)[C@@H](N)CCC(=O)O)C(=O)O. The lowest BCUT2D eigenvalue weighted by Gasteiger charge is -2.27. The van der Waals surface area contributed by atoms with Crippen LogP contribution in [0.3, 0.4) is 0 Å². The fraction of sp³-hybridized carbons (Fsp3) is 0.554. The third-order valence-electron chi connectivity index (χ3n) is 16.1. The summed E-state index contributed by atoms with van der Waals surface area (Å²) in [6, 6.07) is -18.8. The largest absolute Gasteiger partial charge is 0.508 e. The molecule has 0 spiro atoms. The second kappa shape index (κ2) is 51.3. The Labute approximate surface area is 645 Å². The van der Waals surface area contributed by atoms with Gasteiger partial charge in [-0.15, -0.1) is 0 Å². The highest BCUT2D eigenvalue weighted by Gasteiger charge is 2.38. The third-order valence-corrected chi connectivity index (χ3v) is 16.1. The van der Waals surface area contributed by atoms with Gasteiger partial charge in [0.25, 0.3) is 0 Å². The molecule has 0 aliphatic heterocycles. The molecule has 0 aromatic heterocycles. The van der Waals surface area contributed by atoms with Gasteiger partial charge in [-0.05, 0) is 94.9 Å². The lowest BCUT2D eigenvalue weighted by molar-refractivity contribution is -0.143. The number of carboxylic acid groups (broad SMARTS) is 9. The van der Waals surface area contributed by atoms with E-state index in [0.717, 1.165) is 0 Å². The van der Waals surface area contributed by atoms with Gasteiger partial charge in [0.15, 0.2) is 0 Å². The summed E-state index contributed by atoms with van der Waals surface area (Å²) in [6.07, 6.45) is -16.0. The Hall–Kier alpha value is -13.2. The standard InChI is InChI=1S/C65H94N16O33/c66-24-2-1-3-39(65(113)114)78-61(109)34(9-16-43(68)83)76-62(110)40(25-29-4-6-30(82)7-5-29)80-63(111)41(26-44(69)84)81-56(104)33(11-19-48(90)91)71-45(85)28-70-55(103)32(10-18-47(88)89)72-57(105)35(12-20-49(92)93)73-58(106)36(13-21-50(94)95)74-59(107)37(14-22-51(96)97)75-60(108)38(15-23-52(98)99)77-64(112)42(27-53(100)101)79-54(102)31(67)8-17-46(86)87/h4-7,31-42,82H,1-3,8-28,66-67H2,(H2,68,83)(H2,69,84)(H,70,103)(H,71,85)(H,72,105)(H,73,106)(H,74,107)(H,75,108)(H,76,110)(H,77,112)(H,78,109)(H,79,102)(H,80,111)(H,81,104)(H,86,87)(H,88,89)(H,90,91)(H,92,93)(H,94,95)(H,96,97)(H,98,99)(H,100,101)(H,113,114)/t31-,32-,33-,34-,35-,36-,37-,38-,39-,40-,41-,42-/m0/s1. The molecule has 0 unspecified atom stereocenters. The highest BCUT2D eigenvalue weighted by Crippen LogP contribution is 2.15. The van der Waals surface area contributed by atoms with Gasteiger partial charge in [-0.2, -0.15) is 0 Å². The molecule has 114 heavy (non-hydrogen) atoms. The maximum absolute atomic E-state index is 14.2. The van der Waals surface area contributed by atoms with Crippen molar-refractivity contribution in [2.75, 3.05) is 13.1 Å². The Morgan fingerprint density at radius 1 is 0.298 bits per heavy atom. The van der Waals surface area contributed by atoms with E-state index in [9.17, 15) is 156 Å². The quantitative estimate of drug-likeness (QED) is 0.0269. The summed E-state index contributed by atoms with van der Waals surface area (Å²) >= 11 is 0. The zero-order valence-electron chi connectivity index (χ0n) is 60.9. The number of hydrogen-bond acceptors (Lipinski definition) is 26. The number of aromatic hydroxyl groups is 1. The fourth-order valence-corrected chi connectivity index (χ4v) is 10.1. The number of carboxylic acids is 9. The zero-order chi connectivity index (χ0) is 86.6. The highest BCUT2D eigenvalue weighted by molar-refractivity contribution is 6.01. The first-order valence-electron chi connectivity index (χ1n) is 34.7. The van der Waals surface area contributed by atoms with Crippen LogP contribution in [-0.4, -0.2) is 273 Å². The van der Waals surface area contributed by atoms with Gasteiger partial charge < -0.3 is 138 Å². The van der Waals surface area contributed by atoms with E-state index in [-0.39, 0.29) is 30.7 Å². The first-order valence-corrected chi connectivity index (χ1v) is 34.7. The number of phenolic OH excluding ortho intramolecular Hbond substituents is 1. The number of rotatable bonds is 59. The van der Waals surface area contributed by atoms with Crippen LogP contribution in [0.4, 0.5) is 0 Å². The second-order valence-corrected chi connectivity index (χ2v) is 25.3. The molecule has 0 fully saturated rings. The maximum Gasteiger partial charge on any atom is 0.326 e. The molecule has 1 rings (SSSR count). The Balaban J connectivity index is 3.71. The average Bonchev–Trinajstić information content (AvgIpc) is 0.854. The van der Waals surface area contributed by atoms with Gasteiger partial charge in [-0.25, -0.2) is 4.79 Å². The monoisotopic (exact) mass is 1630 g/mol. The third kappa shape index (κ3) is 41.5. The number of aliphatic carboxylic acids is 9. The summed E-state index contributed by atoms with van der Waals surface area (Å²) in [4.78, 5) is 296. The van der Waals surface area contributed by atoms with Crippen LogP contribution < -0.4 is 86.7 Å². The van der Waals surface area contributed by atoms with Gasteiger partial charge in [0, 0.05) is 57.8 Å². The van der Waals surface area contributed by atoms with E-state index in [4.69, 9.17) is 28.0 Å². The number of carbonyl (C=O) groups is 23. The van der Waals surface area contributed by atoms with Crippen LogP contribution in [0.25, 0.3) is 0 Å². The Kier molecular flexibility index (Phi) is 44.4. The molecule has 0 saturated heterocycles. The number of phenols is 1. The minimum Gasteiger partial charge on any atom is -0.508 e. The predicted octanol–water partition coefficient (Wildman–Crippen LogP) is -9.41. The van der Waals surface area contributed by atoms with Gasteiger partial charge >= 0.3 is 53.7 Å². The summed E-state index contributed by atoms with van der Waals surface area (Å²) in [6.45, 7) is -1.08. The number of amides is 14. The molecule has 632 valence electrons. The lowest BCUT2D eigenvalue weighted by Crippen LogP contribution is -2.60. The van der Waals surface area contributed by atoms with Crippen LogP contribution in [0.2, 0.25) is 0 Å². The second-order valence-electron chi connectivity index (χ2n) is 25.3. The molecular formula is C65H94N16O33. The van der Waals surface area contributed by atoms with Crippen LogP contribution >= 0.6 is 0 Å². The van der Waals surface area contributed by atoms with Gasteiger partial charge in [0.2, 0.25) is 82.7 Å². The summed E-state index contributed by atoms with van der Waals surface area (Å²) in [5, 5.41) is 121. The van der Waals surface area contributed by atoms with Crippen LogP contribution in [0.5, 0.6) is 5.75 Å². The molecule has 0 saturated carbocycles. The van der Waals surface area contributed by atoms with E-state index in [2.05, 4.69) is 26.6 Å². The molecule has 49 heteroatoms. The van der Waals surface area contributed by atoms with Crippen LogP contribution in [0.15, 0.2) is 24.3 Å². The molecule has 1 aromatic rings. The van der Waals surface area contributed by atoms with Gasteiger partial charge in [-0.3, -0.25) is 105 Å². The molecule has 1 aromatic carbocycles. The minimum absolute atomic E-state index is 0.123. The number of nitrogens with two attached hydrogens (primary N) is 4. The summed E-state index contributed by atoms with van der Waals surface area (Å²) in [5.41, 5.74) is 22.1. The van der Waals surface area contributed by atoms with Crippen LogP contribution in [0, 0.1) is 0 Å². The van der Waals surface area contributed by atoms with E-state index in [1.54, 1.807) is 0 Å². The summed E-state index contributed by atoms with van der Waals surface area (Å²) in [7, 11) is 0. The first-order chi connectivity index (χ1) is 53.3. The number of hydrogen-bond donors (Lipinski definition) is 26. The van der Waals surface area contributed by atoms with Crippen molar-refractivity contribution in [1.82, 2.24) is 63.8 Å². The zero-order valence-corrected chi connectivity index (χ0v) is 60.9. The summed E-state index contributed by atoms with van der Waals surface area (Å²) in [5.74, 6) is -33.9. The van der Waals surface area contributed by atoms with Gasteiger partial charge in [0.1, 0.15) is 72.2 Å². The van der Waals surface area contributed by atoms with E-state index in [0.29, 0.717) is 6.42 Å². The van der Waals surface area contributed by atoms with Crippen molar-refractivity contribution in [3.8, 4) is 5.75 Å². The number of primary amides is 2.